The molecule has 3 aliphatic rings. The number of aliphatic hydroxyl groups is 3. The van der Waals surface area contributed by atoms with Gasteiger partial charge in [0.15, 0.2) is 11.4 Å². The highest BCUT2D eigenvalue weighted by atomic mass is 16.6. The number of amides is 1. The number of hydrogen-bond acceptors (Lipinski definition) is 12. The number of carbonyl (C=O) groups excluding carboxylic acids is 3. The second kappa shape index (κ2) is 10.3. The van der Waals surface area contributed by atoms with Crippen LogP contribution in [0.1, 0.15) is 23.3 Å². The first kappa shape index (κ1) is 29.3. The number of nitrogens with zero attached hydrogens (tertiary/aromatic N) is 3. The molecule has 3 aliphatic carbocycles. The van der Waals surface area contributed by atoms with E-state index < -0.39 is 58.7 Å². The zero-order chi connectivity index (χ0) is 30.8. The van der Waals surface area contributed by atoms with Gasteiger partial charge in [0.2, 0.25) is 11.7 Å². The largest absolute Gasteiger partial charge is 0.507 e. The van der Waals surface area contributed by atoms with Crippen molar-refractivity contribution in [1.82, 2.24) is 4.90 Å². The molecule has 6 atom stereocenters. The zero-order valence-corrected chi connectivity index (χ0v) is 23.9. The smallest absolute Gasteiger partial charge is 0.230 e. The number of hydrogen-bond donors (Lipinski definition) is 5. The molecule has 1 amide bonds. The van der Waals surface area contributed by atoms with E-state index in [0.29, 0.717) is 17.0 Å². The number of nitrogens with two attached hydrogens (primary N) is 1. The minimum absolute atomic E-state index is 0.0275. The molecule has 1 aromatic heterocycles. The minimum Gasteiger partial charge on any atom is -0.507 e. The molecule has 2 fully saturated rings. The maximum atomic E-state index is 14.1. The molecule has 13 heteroatoms. The Labute approximate surface area is 241 Å². The summed E-state index contributed by atoms with van der Waals surface area (Å²) in [5, 5.41) is 49.6. The molecule has 2 saturated carbocycles. The van der Waals surface area contributed by atoms with Gasteiger partial charge < -0.3 is 45.2 Å². The van der Waals surface area contributed by atoms with Crippen LogP contribution in [0.25, 0.3) is 17.1 Å². The lowest BCUT2D eigenvalue weighted by atomic mass is 9.54. The van der Waals surface area contributed by atoms with Crippen LogP contribution in [0, 0.1) is 17.8 Å². The maximum Gasteiger partial charge on any atom is 0.230 e. The Balaban J connectivity index is 1.70. The number of aromatic hydroxyl groups is 1. The summed E-state index contributed by atoms with van der Waals surface area (Å²) in [7, 11) is 8.18. The number of Topliss-reactive ketones (excluding diaryl/α,β-unsaturated/α-hetero) is 2. The van der Waals surface area contributed by atoms with Crippen molar-refractivity contribution in [3.8, 4) is 17.1 Å². The van der Waals surface area contributed by atoms with E-state index in [4.69, 9.17) is 10.2 Å². The highest BCUT2D eigenvalue weighted by Crippen LogP contribution is 2.54. The van der Waals surface area contributed by atoms with Gasteiger partial charge in [0.25, 0.3) is 0 Å². The number of anilines is 1. The number of furan rings is 1. The highest BCUT2D eigenvalue weighted by molar-refractivity contribution is 6.25. The molecule has 224 valence electrons. The van der Waals surface area contributed by atoms with E-state index >= 15 is 0 Å². The minimum atomic E-state index is -2.72. The standard InChI is InChI=1S/C29H34N4O9/c1-32(2)17-10-15(18-7-6-13(42-18)11-31-41-5)23(34)20-14(17)8-12-9-16-22(33(3)4)25(36)21(28(30)39)27(38)29(16,40)26(37)19(12)24(20)35/h6-7,10-12,16,21-22,25,34-36,40H,8-9H2,1-5H3,(H2,30,39)/b31-11+/t12-,16-,21?,22?,25?,29-/m0/s1. The summed E-state index contributed by atoms with van der Waals surface area (Å²) >= 11 is 0. The Bertz CT molecular complexity index is 1540. The van der Waals surface area contributed by atoms with Gasteiger partial charge in [-0.3, -0.25) is 14.4 Å². The van der Waals surface area contributed by atoms with Gasteiger partial charge in [0.05, 0.1) is 17.2 Å². The second-order valence-corrected chi connectivity index (χ2v) is 11.4. The Kier molecular flexibility index (Phi) is 7.16. The molecule has 42 heavy (non-hydrogen) atoms. The van der Waals surface area contributed by atoms with E-state index in [-0.39, 0.29) is 41.1 Å². The summed E-state index contributed by atoms with van der Waals surface area (Å²) in [6, 6.07) is 3.96. The first-order chi connectivity index (χ1) is 19.7. The Morgan fingerprint density at radius 3 is 2.50 bits per heavy atom. The van der Waals surface area contributed by atoms with Crippen LogP contribution in [-0.4, -0.2) is 102 Å². The number of aliphatic hydroxyl groups excluding tert-OH is 2. The molecule has 0 radical (unpaired) electrons. The molecule has 13 nitrogen and oxygen atoms in total. The van der Waals surface area contributed by atoms with Crippen molar-refractivity contribution in [2.45, 2.75) is 30.6 Å². The Hall–Kier alpha value is -4.20. The van der Waals surface area contributed by atoms with E-state index in [1.807, 2.05) is 0 Å². The SMILES string of the molecule is CO/N=C/c1ccc(-c2cc(N(C)C)c3c(c2O)C(O)=C2C(=O)[C@]4(O)C(=O)C(C(N)=O)C(O)C(N(C)C)[C@@H]4C[C@@H]2C3)o1. The number of oxime groups is 1. The summed E-state index contributed by atoms with van der Waals surface area (Å²) in [6.07, 6.45) is 0.0105. The van der Waals surface area contributed by atoms with E-state index in [0.717, 1.165) is 0 Å². The lowest BCUT2D eigenvalue weighted by Gasteiger charge is -2.53. The number of rotatable bonds is 6. The van der Waals surface area contributed by atoms with E-state index in [2.05, 4.69) is 9.99 Å². The molecule has 0 spiro atoms. The second-order valence-electron chi connectivity index (χ2n) is 11.4. The first-order valence-electron chi connectivity index (χ1n) is 13.4. The predicted molar refractivity (Wildman–Crippen MR) is 151 cm³/mol. The summed E-state index contributed by atoms with van der Waals surface area (Å²) in [5.74, 6) is -7.37. The van der Waals surface area contributed by atoms with Crippen LogP contribution in [0.15, 0.2) is 33.3 Å². The van der Waals surface area contributed by atoms with Crippen LogP contribution < -0.4 is 10.6 Å². The molecule has 3 unspecified atom stereocenters. The summed E-state index contributed by atoms with van der Waals surface area (Å²) in [5.41, 5.74) is 3.88. The molecule has 1 heterocycles. The lowest BCUT2D eigenvalue weighted by molar-refractivity contribution is -0.184. The average Bonchev–Trinajstić information content (AvgIpc) is 3.37. The number of phenols is 1. The van der Waals surface area contributed by atoms with Gasteiger partial charge in [0.1, 0.15) is 42.3 Å². The van der Waals surface area contributed by atoms with Gasteiger partial charge in [-0.25, -0.2) is 0 Å². The van der Waals surface area contributed by atoms with Crippen LogP contribution in [0.5, 0.6) is 5.75 Å². The monoisotopic (exact) mass is 582 g/mol. The lowest BCUT2D eigenvalue weighted by Crippen LogP contribution is -2.73. The molecule has 1 aromatic carbocycles. The number of primary amides is 1. The molecular weight excluding hydrogens is 548 g/mol. The van der Waals surface area contributed by atoms with Crippen molar-refractivity contribution in [3.63, 3.8) is 0 Å². The molecule has 0 saturated heterocycles. The van der Waals surface area contributed by atoms with E-state index in [9.17, 15) is 34.8 Å². The van der Waals surface area contributed by atoms with Crippen LogP contribution in [-0.2, 0) is 25.6 Å². The fourth-order valence-electron chi connectivity index (χ4n) is 6.91. The van der Waals surface area contributed by atoms with Crippen molar-refractivity contribution < 1.29 is 44.1 Å². The number of ketones is 2. The topological polar surface area (TPSA) is 199 Å². The highest BCUT2D eigenvalue weighted by Gasteiger charge is 2.67. The number of carbonyl (C=O) groups is 3. The van der Waals surface area contributed by atoms with Gasteiger partial charge in [0, 0.05) is 37.3 Å². The number of phenolic OH excluding ortho intramolecular Hbond substituents is 1. The Morgan fingerprint density at radius 1 is 1.21 bits per heavy atom. The zero-order valence-electron chi connectivity index (χ0n) is 23.9. The van der Waals surface area contributed by atoms with Crippen molar-refractivity contribution in [1.29, 1.82) is 0 Å². The third kappa shape index (κ3) is 4.10. The third-order valence-corrected chi connectivity index (χ3v) is 8.72. The third-order valence-electron chi connectivity index (χ3n) is 8.72. The molecule has 0 bridgehead atoms. The normalized spacial score (nSPS) is 29.0. The fourth-order valence-corrected chi connectivity index (χ4v) is 6.91. The molecule has 2 aromatic rings. The Morgan fingerprint density at radius 2 is 1.90 bits per heavy atom. The quantitative estimate of drug-likeness (QED) is 0.180. The average molecular weight is 583 g/mol. The van der Waals surface area contributed by atoms with Crippen LogP contribution in [0.2, 0.25) is 0 Å². The van der Waals surface area contributed by atoms with Crippen LogP contribution >= 0.6 is 0 Å². The fraction of sp³-hybridized carbons (Fsp3) is 0.448. The number of benzene rings is 1. The number of likely N-dealkylation sites (N-methyl/N-ethyl adjacent to an activating group) is 1. The molecule has 0 aliphatic heterocycles. The van der Waals surface area contributed by atoms with Crippen molar-refractivity contribution in [2.75, 3.05) is 40.2 Å². The van der Waals surface area contributed by atoms with E-state index in [1.54, 1.807) is 56.2 Å². The van der Waals surface area contributed by atoms with Gasteiger partial charge in [-0.2, -0.15) is 0 Å². The predicted octanol–water partition coefficient (Wildman–Crippen LogP) is 0.435. The first-order valence-corrected chi connectivity index (χ1v) is 13.4. The van der Waals surface area contributed by atoms with Gasteiger partial charge in [-0.05, 0) is 56.6 Å². The van der Waals surface area contributed by atoms with Gasteiger partial charge in [-0.1, -0.05) is 5.16 Å². The molecule has 6 N–H and O–H groups in total. The van der Waals surface area contributed by atoms with Gasteiger partial charge in [-0.15, -0.1) is 0 Å². The summed E-state index contributed by atoms with van der Waals surface area (Å²) in [6.45, 7) is 0. The summed E-state index contributed by atoms with van der Waals surface area (Å²) < 4.78 is 5.79. The molecular formula is C29H34N4O9. The van der Waals surface area contributed by atoms with Crippen molar-refractivity contribution in [3.05, 3.63) is 40.7 Å². The summed E-state index contributed by atoms with van der Waals surface area (Å²) in [4.78, 5) is 47.9. The van der Waals surface area contributed by atoms with Crippen molar-refractivity contribution >= 4 is 35.1 Å². The van der Waals surface area contributed by atoms with Crippen LogP contribution in [0.3, 0.4) is 0 Å². The molecule has 5 rings (SSSR count). The van der Waals surface area contributed by atoms with Crippen molar-refractivity contribution in [2.24, 2.45) is 28.6 Å². The van der Waals surface area contributed by atoms with Crippen LogP contribution in [0.4, 0.5) is 5.69 Å². The van der Waals surface area contributed by atoms with Gasteiger partial charge >= 0.3 is 0 Å². The number of fused-ring (bicyclic) bond motifs is 3. The maximum absolute atomic E-state index is 14.1. The van der Waals surface area contributed by atoms with E-state index in [1.165, 1.54) is 13.3 Å².